The molecule has 2 rings (SSSR count). The summed E-state index contributed by atoms with van der Waals surface area (Å²) < 4.78 is 0. The van der Waals surface area contributed by atoms with Crippen LogP contribution in [0.15, 0.2) is 0 Å². The molecule has 0 nitrogen and oxygen atoms in total. The Morgan fingerprint density at radius 3 is 1.00 bits per heavy atom. The van der Waals surface area contributed by atoms with Gasteiger partial charge >= 0.3 is 0 Å². The first-order valence-corrected chi connectivity index (χ1v) is 6.89. The Balaban J connectivity index is 0.000000140. The van der Waals surface area contributed by atoms with Gasteiger partial charge in [0.25, 0.3) is 0 Å². The Kier molecular flexibility index (Phi) is 7.17. The summed E-state index contributed by atoms with van der Waals surface area (Å²) in [5.41, 5.74) is 0. The molecule has 2 aliphatic rings. The van der Waals surface area contributed by atoms with Crippen LogP contribution in [0.3, 0.4) is 0 Å². The maximum atomic E-state index is 2.36. The van der Waals surface area contributed by atoms with Crippen LogP contribution in [0.5, 0.6) is 0 Å². The topological polar surface area (TPSA) is 0 Å². The van der Waals surface area contributed by atoms with Crippen LogP contribution < -0.4 is 0 Å². The van der Waals surface area contributed by atoms with Crippen molar-refractivity contribution in [2.75, 3.05) is 0 Å². The zero-order valence-electron chi connectivity index (χ0n) is 10.1. The van der Waals surface area contributed by atoms with Crippen molar-refractivity contribution >= 4 is 0 Å². The lowest BCUT2D eigenvalue weighted by Crippen LogP contribution is -1.99. The van der Waals surface area contributed by atoms with Crippen LogP contribution >= 0.6 is 0 Å². The lowest BCUT2D eigenvalue weighted by atomic mass is 9.91. The molecule has 0 aromatic rings. The molecule has 0 aromatic carbocycles. The largest absolute Gasteiger partial charge is 0.0625 e. The van der Waals surface area contributed by atoms with Gasteiger partial charge in [0, 0.05) is 0 Å². The highest BCUT2D eigenvalue weighted by Gasteiger charge is 2.05. The normalized spacial score (nSPS) is 24.6. The Bertz CT molecular complexity index is 91.6. The van der Waals surface area contributed by atoms with Crippen LogP contribution in [0.25, 0.3) is 0 Å². The molecule has 14 heavy (non-hydrogen) atoms. The summed E-state index contributed by atoms with van der Waals surface area (Å²) in [4.78, 5) is 0. The van der Waals surface area contributed by atoms with E-state index in [4.69, 9.17) is 0 Å². The minimum absolute atomic E-state index is 1.04. The molecule has 0 N–H and O–H groups in total. The van der Waals surface area contributed by atoms with Crippen molar-refractivity contribution in [3.05, 3.63) is 0 Å². The van der Waals surface area contributed by atoms with E-state index in [0.29, 0.717) is 0 Å². The maximum absolute atomic E-state index is 2.36. The summed E-state index contributed by atoms with van der Waals surface area (Å²) in [6.45, 7) is 2.36. The van der Waals surface area contributed by atoms with Gasteiger partial charge < -0.3 is 0 Å². The average molecular weight is 196 g/mol. The van der Waals surface area contributed by atoms with Crippen molar-refractivity contribution in [2.24, 2.45) is 5.92 Å². The molecule has 84 valence electrons. The summed E-state index contributed by atoms with van der Waals surface area (Å²) in [7, 11) is 0. The quantitative estimate of drug-likeness (QED) is 0.460. The molecule has 2 aliphatic carbocycles. The van der Waals surface area contributed by atoms with Crippen LogP contribution in [-0.4, -0.2) is 0 Å². The van der Waals surface area contributed by atoms with Gasteiger partial charge in [0.05, 0.1) is 0 Å². The van der Waals surface area contributed by atoms with E-state index >= 15 is 0 Å². The fourth-order valence-corrected chi connectivity index (χ4v) is 2.54. The number of hydrogen-bond acceptors (Lipinski definition) is 0. The van der Waals surface area contributed by atoms with Gasteiger partial charge in [-0.1, -0.05) is 84.0 Å². The van der Waals surface area contributed by atoms with E-state index in [1.807, 2.05) is 0 Å². The van der Waals surface area contributed by atoms with Gasteiger partial charge in [-0.15, -0.1) is 0 Å². The van der Waals surface area contributed by atoms with Gasteiger partial charge in [-0.2, -0.15) is 0 Å². The first kappa shape index (κ1) is 12.1. The fourth-order valence-electron chi connectivity index (χ4n) is 2.54. The molecular formula is C14H28. The van der Waals surface area contributed by atoms with E-state index in [2.05, 4.69) is 6.92 Å². The lowest BCUT2D eigenvalue weighted by molar-refractivity contribution is 0.385. The predicted octanol–water partition coefficient (Wildman–Crippen LogP) is 5.32. The molecule has 0 atom stereocenters. The Morgan fingerprint density at radius 2 is 0.786 bits per heavy atom. The molecule has 0 amide bonds. The van der Waals surface area contributed by atoms with E-state index in [9.17, 15) is 0 Å². The third kappa shape index (κ3) is 6.45. The van der Waals surface area contributed by atoms with Crippen LogP contribution in [0.4, 0.5) is 0 Å². The van der Waals surface area contributed by atoms with Crippen molar-refractivity contribution < 1.29 is 0 Å². The fraction of sp³-hybridized carbons (Fsp3) is 1.00. The van der Waals surface area contributed by atoms with E-state index in [-0.39, 0.29) is 0 Å². The van der Waals surface area contributed by atoms with Gasteiger partial charge in [-0.25, -0.2) is 0 Å². The standard InChI is InChI=1S/2C7H14/c1-7-5-3-2-4-6-7;1-2-4-6-7-5-3-1/h7H,2-6H2,1H3;1-7H2. The van der Waals surface area contributed by atoms with Gasteiger partial charge in [-0.05, 0) is 5.92 Å². The zero-order valence-corrected chi connectivity index (χ0v) is 10.1. The second-order valence-electron chi connectivity index (χ2n) is 5.22. The minimum Gasteiger partial charge on any atom is -0.0625 e. The highest BCUT2D eigenvalue weighted by molar-refractivity contribution is 4.59. The smallest absolute Gasteiger partial charge is 0.0443 e. The number of rotatable bonds is 0. The van der Waals surface area contributed by atoms with Crippen LogP contribution in [-0.2, 0) is 0 Å². The van der Waals surface area contributed by atoms with Crippen LogP contribution in [0.1, 0.15) is 84.0 Å². The molecular weight excluding hydrogens is 168 g/mol. The minimum atomic E-state index is 1.04. The third-order valence-corrected chi connectivity index (χ3v) is 3.64. The van der Waals surface area contributed by atoms with Crippen LogP contribution in [0, 0.1) is 5.92 Å². The molecule has 0 aromatic heterocycles. The molecule has 0 unspecified atom stereocenters. The third-order valence-electron chi connectivity index (χ3n) is 3.64. The van der Waals surface area contributed by atoms with E-state index in [1.165, 1.54) is 77.0 Å². The summed E-state index contributed by atoms with van der Waals surface area (Å²) in [6, 6.07) is 0. The van der Waals surface area contributed by atoms with Crippen molar-refractivity contribution in [1.29, 1.82) is 0 Å². The summed E-state index contributed by atoms with van der Waals surface area (Å²) in [5.74, 6) is 1.04. The first-order valence-electron chi connectivity index (χ1n) is 6.89. The summed E-state index contributed by atoms with van der Waals surface area (Å²) >= 11 is 0. The van der Waals surface area contributed by atoms with Crippen LogP contribution in [0.2, 0.25) is 0 Å². The van der Waals surface area contributed by atoms with E-state index in [1.54, 1.807) is 0 Å². The van der Waals surface area contributed by atoms with Gasteiger partial charge in [0.15, 0.2) is 0 Å². The molecule has 0 saturated heterocycles. The summed E-state index contributed by atoms with van der Waals surface area (Å²) in [6.07, 6.45) is 17.9. The van der Waals surface area contributed by atoms with Gasteiger partial charge in [-0.3, -0.25) is 0 Å². The summed E-state index contributed by atoms with van der Waals surface area (Å²) in [5, 5.41) is 0. The molecule has 0 heteroatoms. The molecule has 0 aliphatic heterocycles. The van der Waals surface area contributed by atoms with E-state index in [0.717, 1.165) is 5.92 Å². The Hall–Kier alpha value is 0. The molecule has 0 heterocycles. The van der Waals surface area contributed by atoms with Crippen molar-refractivity contribution in [3.63, 3.8) is 0 Å². The monoisotopic (exact) mass is 196 g/mol. The molecule has 0 bridgehead atoms. The second-order valence-corrected chi connectivity index (χ2v) is 5.22. The zero-order chi connectivity index (χ0) is 10.1. The molecule has 2 saturated carbocycles. The highest BCUT2D eigenvalue weighted by Crippen LogP contribution is 2.22. The Morgan fingerprint density at radius 1 is 0.500 bits per heavy atom. The van der Waals surface area contributed by atoms with Crippen molar-refractivity contribution in [1.82, 2.24) is 0 Å². The second kappa shape index (κ2) is 8.32. The molecule has 2 fully saturated rings. The van der Waals surface area contributed by atoms with Crippen molar-refractivity contribution in [3.8, 4) is 0 Å². The maximum Gasteiger partial charge on any atom is -0.0443 e. The molecule has 0 radical (unpaired) electrons. The van der Waals surface area contributed by atoms with E-state index < -0.39 is 0 Å². The SMILES string of the molecule is C1CCCCCC1.CC1CCCCC1. The predicted molar refractivity (Wildman–Crippen MR) is 64.6 cm³/mol. The number of hydrogen-bond donors (Lipinski definition) is 0. The Labute approximate surface area is 90.5 Å². The highest BCUT2D eigenvalue weighted by atomic mass is 14.1. The van der Waals surface area contributed by atoms with Gasteiger partial charge in [0.1, 0.15) is 0 Å². The van der Waals surface area contributed by atoms with Crippen molar-refractivity contribution in [2.45, 2.75) is 84.0 Å². The molecule has 0 spiro atoms. The lowest BCUT2D eigenvalue weighted by Gasteiger charge is -2.15. The van der Waals surface area contributed by atoms with Gasteiger partial charge in [0.2, 0.25) is 0 Å². The first-order chi connectivity index (χ1) is 6.89. The average Bonchev–Trinajstić information content (AvgIpc) is 2.51.